The molecule has 1 aromatic rings. The van der Waals surface area contributed by atoms with Gasteiger partial charge in [-0.05, 0) is 42.5 Å². The molecule has 0 aromatic heterocycles. The summed E-state index contributed by atoms with van der Waals surface area (Å²) >= 11 is 0. The molecule has 0 spiro atoms. The zero-order valence-electron chi connectivity index (χ0n) is 13.3. The molecule has 0 heterocycles. The van der Waals surface area contributed by atoms with Crippen LogP contribution in [0.5, 0.6) is 0 Å². The number of allylic oxidation sites excluding steroid dienone is 1. The van der Waals surface area contributed by atoms with Crippen molar-refractivity contribution in [3.8, 4) is 0 Å². The van der Waals surface area contributed by atoms with Gasteiger partial charge in [-0.1, -0.05) is 25.3 Å². The van der Waals surface area contributed by atoms with Crippen LogP contribution in [0.15, 0.2) is 30.4 Å². The molecule has 1 aromatic carbocycles. The highest BCUT2D eigenvalue weighted by Crippen LogP contribution is 2.24. The van der Waals surface area contributed by atoms with Crippen molar-refractivity contribution in [1.29, 1.82) is 0 Å². The molecule has 1 unspecified atom stereocenters. The van der Waals surface area contributed by atoms with Crippen LogP contribution in [0.25, 0.3) is 0 Å². The minimum Gasteiger partial charge on any atom is -0.480 e. The standard InChI is InChI=1S/C18H21F2NO3/c19-14-8-13(9-15(20)11-14)10-16(18(23)24)21-17(22)7-6-12-4-2-1-3-5-12/h6-9,11-12,16H,1-5,10H2,(H,21,22)(H,23,24). The van der Waals surface area contributed by atoms with Gasteiger partial charge in [0.1, 0.15) is 17.7 Å². The summed E-state index contributed by atoms with van der Waals surface area (Å²) in [7, 11) is 0. The molecule has 2 rings (SSSR count). The predicted octanol–water partition coefficient (Wildman–Crippen LogP) is 3.21. The van der Waals surface area contributed by atoms with Gasteiger partial charge in [0.15, 0.2) is 0 Å². The molecule has 0 aliphatic heterocycles. The fourth-order valence-corrected chi connectivity index (χ4v) is 2.93. The fraction of sp³-hybridized carbons (Fsp3) is 0.444. The minimum absolute atomic E-state index is 0.177. The lowest BCUT2D eigenvalue weighted by Gasteiger charge is -2.18. The van der Waals surface area contributed by atoms with E-state index in [1.54, 1.807) is 0 Å². The highest BCUT2D eigenvalue weighted by atomic mass is 19.1. The number of aliphatic carboxylic acids is 1. The topological polar surface area (TPSA) is 66.4 Å². The summed E-state index contributed by atoms with van der Waals surface area (Å²) in [6, 6.07) is 1.59. The van der Waals surface area contributed by atoms with Crippen LogP contribution in [0, 0.1) is 17.6 Å². The molecule has 1 atom stereocenters. The number of carbonyl (C=O) groups is 2. The van der Waals surface area contributed by atoms with Crippen molar-refractivity contribution >= 4 is 11.9 Å². The molecule has 6 heteroatoms. The number of hydrogen-bond donors (Lipinski definition) is 2. The van der Waals surface area contributed by atoms with Crippen LogP contribution in [0.3, 0.4) is 0 Å². The molecule has 0 bridgehead atoms. The van der Waals surface area contributed by atoms with E-state index < -0.39 is 29.6 Å². The predicted molar refractivity (Wildman–Crippen MR) is 85.3 cm³/mol. The Bertz CT molecular complexity index is 604. The van der Waals surface area contributed by atoms with Crippen LogP contribution in [0.1, 0.15) is 37.7 Å². The van der Waals surface area contributed by atoms with E-state index in [9.17, 15) is 23.5 Å². The Hall–Kier alpha value is -2.24. The molecule has 130 valence electrons. The van der Waals surface area contributed by atoms with E-state index in [0.29, 0.717) is 12.0 Å². The average Bonchev–Trinajstić information content (AvgIpc) is 2.52. The number of hydrogen-bond acceptors (Lipinski definition) is 2. The monoisotopic (exact) mass is 337 g/mol. The van der Waals surface area contributed by atoms with Crippen LogP contribution < -0.4 is 5.32 Å². The van der Waals surface area contributed by atoms with Gasteiger partial charge in [0.05, 0.1) is 0 Å². The number of benzene rings is 1. The zero-order valence-corrected chi connectivity index (χ0v) is 13.3. The maximum atomic E-state index is 13.2. The Morgan fingerprint density at radius 1 is 1.17 bits per heavy atom. The van der Waals surface area contributed by atoms with Gasteiger partial charge in [0, 0.05) is 12.5 Å². The van der Waals surface area contributed by atoms with Crippen molar-refractivity contribution in [3.05, 3.63) is 47.5 Å². The van der Waals surface area contributed by atoms with Crippen LogP contribution >= 0.6 is 0 Å². The SMILES string of the molecule is O=C(C=CC1CCCCC1)NC(Cc1cc(F)cc(F)c1)C(=O)O. The summed E-state index contributed by atoms with van der Waals surface area (Å²) in [4.78, 5) is 23.2. The van der Waals surface area contributed by atoms with E-state index in [0.717, 1.165) is 37.8 Å². The van der Waals surface area contributed by atoms with Gasteiger partial charge in [-0.25, -0.2) is 13.6 Å². The minimum atomic E-state index is -1.25. The van der Waals surface area contributed by atoms with Gasteiger partial charge in [-0.3, -0.25) is 4.79 Å². The first-order valence-corrected chi connectivity index (χ1v) is 8.10. The second-order valence-electron chi connectivity index (χ2n) is 6.14. The Kier molecular flexibility index (Phi) is 6.46. The molecule has 24 heavy (non-hydrogen) atoms. The van der Waals surface area contributed by atoms with Crippen molar-refractivity contribution in [3.63, 3.8) is 0 Å². The third kappa shape index (κ3) is 5.76. The summed E-state index contributed by atoms with van der Waals surface area (Å²) in [5.41, 5.74) is 0.177. The molecule has 1 aliphatic rings. The third-order valence-corrected chi connectivity index (χ3v) is 4.15. The Balaban J connectivity index is 1.96. The lowest BCUT2D eigenvalue weighted by atomic mass is 9.89. The highest BCUT2D eigenvalue weighted by Gasteiger charge is 2.20. The normalized spacial score (nSPS) is 16.9. The van der Waals surface area contributed by atoms with Crippen LogP contribution in [-0.4, -0.2) is 23.0 Å². The zero-order chi connectivity index (χ0) is 17.5. The summed E-state index contributed by atoms with van der Waals surface area (Å²) in [5.74, 6) is -2.97. The molecule has 1 amide bonds. The van der Waals surface area contributed by atoms with Gasteiger partial charge >= 0.3 is 5.97 Å². The van der Waals surface area contributed by atoms with Crippen molar-refractivity contribution in [2.24, 2.45) is 5.92 Å². The molecule has 1 fully saturated rings. The molecular weight excluding hydrogens is 316 g/mol. The van der Waals surface area contributed by atoms with Gasteiger partial charge in [-0.2, -0.15) is 0 Å². The van der Waals surface area contributed by atoms with Gasteiger partial charge in [-0.15, -0.1) is 0 Å². The Morgan fingerprint density at radius 3 is 2.38 bits per heavy atom. The number of carbonyl (C=O) groups excluding carboxylic acids is 1. The van der Waals surface area contributed by atoms with E-state index in [-0.39, 0.29) is 12.0 Å². The number of nitrogens with one attached hydrogen (secondary N) is 1. The number of carboxylic acids is 1. The van der Waals surface area contributed by atoms with Crippen molar-refractivity contribution in [1.82, 2.24) is 5.32 Å². The van der Waals surface area contributed by atoms with Crippen LogP contribution in [0.2, 0.25) is 0 Å². The smallest absolute Gasteiger partial charge is 0.326 e. The average molecular weight is 337 g/mol. The number of amides is 1. The quantitative estimate of drug-likeness (QED) is 0.783. The van der Waals surface area contributed by atoms with Crippen molar-refractivity contribution in [2.75, 3.05) is 0 Å². The molecule has 4 nitrogen and oxygen atoms in total. The first-order chi connectivity index (χ1) is 11.4. The van der Waals surface area contributed by atoms with E-state index in [4.69, 9.17) is 0 Å². The molecular formula is C18H21F2NO3. The second kappa shape index (κ2) is 8.57. The first kappa shape index (κ1) is 18.1. The van der Waals surface area contributed by atoms with Crippen molar-refractivity contribution in [2.45, 2.75) is 44.6 Å². The molecule has 2 N–H and O–H groups in total. The maximum absolute atomic E-state index is 13.2. The Labute approximate surface area is 139 Å². The van der Waals surface area contributed by atoms with Crippen LogP contribution in [-0.2, 0) is 16.0 Å². The third-order valence-electron chi connectivity index (χ3n) is 4.15. The van der Waals surface area contributed by atoms with Crippen LogP contribution in [0.4, 0.5) is 8.78 Å². The first-order valence-electron chi connectivity index (χ1n) is 8.10. The molecule has 0 radical (unpaired) electrons. The van der Waals surface area contributed by atoms with E-state index in [1.807, 2.05) is 6.08 Å². The van der Waals surface area contributed by atoms with E-state index in [1.165, 1.54) is 12.5 Å². The second-order valence-corrected chi connectivity index (χ2v) is 6.14. The lowest BCUT2D eigenvalue weighted by molar-refractivity contribution is -0.141. The summed E-state index contributed by atoms with van der Waals surface area (Å²) in [5, 5.41) is 11.6. The number of carboxylic acid groups (broad SMARTS) is 1. The Morgan fingerprint density at radius 2 is 1.79 bits per heavy atom. The fourth-order valence-electron chi connectivity index (χ4n) is 2.93. The number of rotatable bonds is 6. The highest BCUT2D eigenvalue weighted by molar-refractivity contribution is 5.91. The summed E-state index contributed by atoms with van der Waals surface area (Å²) < 4.78 is 26.4. The summed E-state index contributed by atoms with van der Waals surface area (Å²) in [6.45, 7) is 0. The lowest BCUT2D eigenvalue weighted by Crippen LogP contribution is -2.41. The van der Waals surface area contributed by atoms with Gasteiger partial charge < -0.3 is 10.4 Å². The molecule has 1 aliphatic carbocycles. The maximum Gasteiger partial charge on any atom is 0.326 e. The molecule has 1 saturated carbocycles. The van der Waals surface area contributed by atoms with E-state index >= 15 is 0 Å². The van der Waals surface area contributed by atoms with Gasteiger partial charge in [0.2, 0.25) is 5.91 Å². The number of halogens is 2. The van der Waals surface area contributed by atoms with Crippen molar-refractivity contribution < 1.29 is 23.5 Å². The van der Waals surface area contributed by atoms with E-state index in [2.05, 4.69) is 5.32 Å². The van der Waals surface area contributed by atoms with Gasteiger partial charge in [0.25, 0.3) is 0 Å². The molecule has 0 saturated heterocycles. The summed E-state index contributed by atoms with van der Waals surface area (Å²) in [6.07, 6.45) is 8.55. The largest absolute Gasteiger partial charge is 0.480 e.